The molecule has 1 unspecified atom stereocenters. The van der Waals surface area contributed by atoms with Gasteiger partial charge in [-0.1, -0.05) is 0 Å². The minimum atomic E-state index is -4.62. The number of aliphatic hydroxyl groups excluding tert-OH is 2. The van der Waals surface area contributed by atoms with Crippen LogP contribution >= 0.6 is 30.4 Å². The van der Waals surface area contributed by atoms with Crippen LogP contribution in [0.15, 0.2) is 46.2 Å². The molecular formula is C17H17IN3O9P. The first kappa shape index (κ1) is 22.2. The van der Waals surface area contributed by atoms with Gasteiger partial charge >= 0.3 is 13.5 Å². The lowest BCUT2D eigenvalue weighted by Gasteiger charge is -2.17. The molecule has 3 aromatic rings. The van der Waals surface area contributed by atoms with E-state index in [9.17, 15) is 29.3 Å². The van der Waals surface area contributed by atoms with Crippen LogP contribution in [0.4, 0.5) is 0 Å². The average Bonchev–Trinajstić information content (AvgIpc) is 3.21. The Kier molecular flexibility index (Phi) is 6.09. The molecule has 0 bridgehead atoms. The average molecular weight is 565 g/mol. The van der Waals surface area contributed by atoms with Crippen LogP contribution in [-0.2, 0) is 13.8 Å². The summed E-state index contributed by atoms with van der Waals surface area (Å²) in [7, 11) is -4.62. The molecule has 3 heterocycles. The topological polar surface area (TPSA) is 176 Å². The lowest BCUT2D eigenvalue weighted by Crippen LogP contribution is -2.37. The number of halogens is 1. The van der Waals surface area contributed by atoms with Crippen molar-refractivity contribution in [3.63, 3.8) is 0 Å². The summed E-state index contributed by atoms with van der Waals surface area (Å²) in [6.45, 7) is -0.611. The van der Waals surface area contributed by atoms with Gasteiger partial charge in [0.25, 0.3) is 5.56 Å². The van der Waals surface area contributed by atoms with Gasteiger partial charge in [0.05, 0.1) is 6.61 Å². The molecule has 2 aromatic heterocycles. The number of hydrogen-bond acceptors (Lipinski definition) is 8. The SMILES string of the molecule is O=c1ccn([C@@H]2O[C@H](COP(=O)(O)Oc3c[nH]c4ccc(I)cc34)[C@@H](O)[C@H]2O)c(=O)[nH]1. The first-order chi connectivity index (χ1) is 14.6. The number of aromatic amines is 2. The molecule has 14 heteroatoms. The van der Waals surface area contributed by atoms with E-state index in [0.29, 0.717) is 10.9 Å². The highest BCUT2D eigenvalue weighted by molar-refractivity contribution is 14.1. The Bertz CT molecular complexity index is 1270. The number of rotatable bonds is 6. The summed E-state index contributed by atoms with van der Waals surface area (Å²) in [6.07, 6.45) is -3.14. The van der Waals surface area contributed by atoms with Gasteiger partial charge in [-0.3, -0.25) is 23.8 Å². The molecule has 5 N–H and O–H groups in total. The monoisotopic (exact) mass is 565 g/mol. The maximum atomic E-state index is 12.4. The smallest absolute Gasteiger partial charge is 0.402 e. The third-order valence-corrected chi connectivity index (χ3v) is 6.26. The predicted molar refractivity (Wildman–Crippen MR) is 115 cm³/mol. The summed E-state index contributed by atoms with van der Waals surface area (Å²) in [6, 6.07) is 6.45. The van der Waals surface area contributed by atoms with Gasteiger partial charge in [-0.15, -0.1) is 0 Å². The lowest BCUT2D eigenvalue weighted by atomic mass is 10.1. The molecule has 0 radical (unpaired) electrons. The first-order valence-corrected chi connectivity index (χ1v) is 11.5. The van der Waals surface area contributed by atoms with E-state index in [1.54, 1.807) is 12.1 Å². The number of phosphoric acid groups is 1. The number of H-pyrrole nitrogens is 2. The molecule has 1 aliphatic rings. The zero-order valence-electron chi connectivity index (χ0n) is 15.5. The second-order valence-corrected chi connectivity index (χ2v) is 9.39. The van der Waals surface area contributed by atoms with Crippen molar-refractivity contribution in [2.45, 2.75) is 24.5 Å². The van der Waals surface area contributed by atoms with Crippen LogP contribution in [0, 0.1) is 3.57 Å². The van der Waals surface area contributed by atoms with Gasteiger partial charge in [-0.2, -0.15) is 0 Å². The van der Waals surface area contributed by atoms with Gasteiger partial charge in [0.1, 0.15) is 18.3 Å². The fourth-order valence-corrected chi connectivity index (χ4v) is 4.46. The maximum Gasteiger partial charge on any atom is 0.527 e. The van der Waals surface area contributed by atoms with Gasteiger partial charge in [0.15, 0.2) is 12.0 Å². The lowest BCUT2D eigenvalue weighted by molar-refractivity contribution is -0.0540. The van der Waals surface area contributed by atoms with Crippen LogP contribution in [0.5, 0.6) is 5.75 Å². The van der Waals surface area contributed by atoms with E-state index in [-0.39, 0.29) is 5.75 Å². The molecule has 1 saturated heterocycles. The van der Waals surface area contributed by atoms with E-state index in [2.05, 4.69) is 27.6 Å². The van der Waals surface area contributed by atoms with Crippen LogP contribution < -0.4 is 15.8 Å². The van der Waals surface area contributed by atoms with E-state index in [4.69, 9.17) is 13.8 Å². The van der Waals surface area contributed by atoms with Gasteiger partial charge in [-0.25, -0.2) is 9.36 Å². The molecule has 1 fully saturated rings. The van der Waals surface area contributed by atoms with Gasteiger partial charge in [-0.05, 0) is 40.8 Å². The third kappa shape index (κ3) is 4.62. The van der Waals surface area contributed by atoms with E-state index in [0.717, 1.165) is 20.4 Å². The van der Waals surface area contributed by atoms with Gasteiger partial charge in [0.2, 0.25) is 0 Å². The highest BCUT2D eigenvalue weighted by atomic mass is 127. The third-order valence-electron chi connectivity index (χ3n) is 4.68. The van der Waals surface area contributed by atoms with Crippen molar-refractivity contribution in [3.8, 4) is 5.75 Å². The van der Waals surface area contributed by atoms with Crippen molar-refractivity contribution in [2.24, 2.45) is 0 Å². The molecule has 0 aliphatic carbocycles. The second-order valence-electron chi connectivity index (χ2n) is 6.76. The zero-order chi connectivity index (χ0) is 22.3. The van der Waals surface area contributed by atoms with Crippen LogP contribution in [0.25, 0.3) is 10.9 Å². The summed E-state index contributed by atoms with van der Waals surface area (Å²) in [5.74, 6) is 0.102. The van der Waals surface area contributed by atoms with Crippen LogP contribution in [0.3, 0.4) is 0 Å². The first-order valence-electron chi connectivity index (χ1n) is 8.91. The second kappa shape index (κ2) is 8.50. The summed E-state index contributed by atoms with van der Waals surface area (Å²) >= 11 is 2.09. The molecule has 12 nitrogen and oxygen atoms in total. The van der Waals surface area contributed by atoms with E-state index >= 15 is 0 Å². The number of nitrogens with zero attached hydrogens (tertiary/aromatic N) is 1. The summed E-state index contributed by atoms with van der Waals surface area (Å²) in [5.41, 5.74) is -0.794. The molecular weight excluding hydrogens is 548 g/mol. The Hall–Kier alpha value is -2.00. The van der Waals surface area contributed by atoms with Crippen molar-refractivity contribution >= 4 is 41.3 Å². The number of hydrogen-bond donors (Lipinski definition) is 5. The maximum absolute atomic E-state index is 12.4. The molecule has 5 atom stereocenters. The van der Waals surface area contributed by atoms with Crippen molar-refractivity contribution in [1.29, 1.82) is 0 Å². The number of fused-ring (bicyclic) bond motifs is 1. The zero-order valence-corrected chi connectivity index (χ0v) is 18.6. The summed E-state index contributed by atoms with van der Waals surface area (Å²) < 4.78 is 29.7. The number of ether oxygens (including phenoxy) is 1. The van der Waals surface area contributed by atoms with Crippen molar-refractivity contribution < 1.29 is 33.5 Å². The van der Waals surface area contributed by atoms with Crippen molar-refractivity contribution in [1.82, 2.24) is 14.5 Å². The van der Waals surface area contributed by atoms with Crippen LogP contribution in [-0.4, -0.2) is 54.6 Å². The fraction of sp³-hybridized carbons (Fsp3) is 0.294. The molecule has 4 rings (SSSR count). The number of phosphoric ester groups is 1. The molecule has 0 spiro atoms. The quantitative estimate of drug-likeness (QED) is 0.210. The summed E-state index contributed by atoms with van der Waals surface area (Å²) in [4.78, 5) is 38.1. The van der Waals surface area contributed by atoms with Gasteiger partial charge < -0.3 is 24.5 Å². The van der Waals surface area contributed by atoms with Crippen LogP contribution in [0.1, 0.15) is 6.23 Å². The Morgan fingerprint density at radius 1 is 1.23 bits per heavy atom. The molecule has 1 aromatic carbocycles. The normalized spacial score (nSPS) is 25.5. The Labute approximate surface area is 187 Å². The predicted octanol–water partition coefficient (Wildman–Crippen LogP) is 0.438. The molecule has 1 aliphatic heterocycles. The largest absolute Gasteiger partial charge is 0.527 e. The van der Waals surface area contributed by atoms with E-state index < -0.39 is 50.2 Å². The number of nitrogens with one attached hydrogen (secondary N) is 2. The molecule has 0 saturated carbocycles. The highest BCUT2D eigenvalue weighted by Gasteiger charge is 2.45. The number of benzene rings is 1. The van der Waals surface area contributed by atoms with E-state index in [1.165, 1.54) is 6.20 Å². The van der Waals surface area contributed by atoms with E-state index in [1.807, 2.05) is 11.1 Å². The Morgan fingerprint density at radius 3 is 2.74 bits per heavy atom. The van der Waals surface area contributed by atoms with Crippen molar-refractivity contribution in [3.05, 3.63) is 61.1 Å². The highest BCUT2D eigenvalue weighted by Crippen LogP contribution is 2.46. The van der Waals surface area contributed by atoms with Crippen LogP contribution in [0.2, 0.25) is 0 Å². The number of aliphatic hydroxyl groups is 2. The standard InChI is InChI=1S/C17H17IN3O9P/c18-8-1-2-10-9(5-8)11(6-19-10)30-31(26,27)28-7-12-14(23)15(24)16(29-12)21-4-3-13(22)20-17(21)25/h1-6,12,14-16,19,23-24H,7H2,(H,26,27)(H,20,22,25)/t12-,14-,15-,16-/m1/s1. The summed E-state index contributed by atoms with van der Waals surface area (Å²) in [5, 5.41) is 21.0. The molecule has 0 amide bonds. The minimum absolute atomic E-state index is 0.102. The number of aromatic nitrogens is 3. The fourth-order valence-electron chi connectivity index (χ4n) is 3.19. The molecule has 166 valence electrons. The Morgan fingerprint density at radius 2 is 2.00 bits per heavy atom. The van der Waals surface area contributed by atoms with Gasteiger partial charge in [0, 0.05) is 32.9 Å². The van der Waals surface area contributed by atoms with Crippen molar-refractivity contribution in [2.75, 3.05) is 6.61 Å². The molecule has 31 heavy (non-hydrogen) atoms. The minimum Gasteiger partial charge on any atom is -0.402 e. The Balaban J connectivity index is 1.45.